The molecule has 0 spiro atoms. The number of hydrogen-bond donors (Lipinski definition) is 1. The van der Waals surface area contributed by atoms with Crippen LogP contribution in [0.5, 0.6) is 0 Å². The van der Waals surface area contributed by atoms with Gasteiger partial charge in [-0.25, -0.2) is 4.79 Å². The third kappa shape index (κ3) is 3.52. The molecule has 0 aliphatic carbocycles. The monoisotopic (exact) mass is 335 g/mol. The van der Waals surface area contributed by atoms with E-state index < -0.39 is 11.2 Å². The number of anilines is 1. The third-order valence-electron chi connectivity index (χ3n) is 4.41. The van der Waals surface area contributed by atoms with E-state index in [1.165, 1.54) is 11.6 Å². The second kappa shape index (κ2) is 7.20. The second-order valence-corrected chi connectivity index (χ2v) is 6.48. The summed E-state index contributed by atoms with van der Waals surface area (Å²) in [4.78, 5) is 26.4. The number of morpholine rings is 1. The van der Waals surface area contributed by atoms with Gasteiger partial charge in [0.25, 0.3) is 5.56 Å². The summed E-state index contributed by atoms with van der Waals surface area (Å²) >= 11 is 0. The fourth-order valence-corrected chi connectivity index (χ4v) is 3.10. The number of rotatable bonds is 4. The van der Waals surface area contributed by atoms with Gasteiger partial charge in [0.1, 0.15) is 11.9 Å². The Morgan fingerprint density at radius 2 is 1.83 bits per heavy atom. The Bertz CT molecular complexity index is 751. The van der Waals surface area contributed by atoms with Crippen LogP contribution in [0.2, 0.25) is 0 Å². The Labute approximate surface area is 141 Å². The van der Waals surface area contributed by atoms with Gasteiger partial charge in [0.05, 0.1) is 12.2 Å². The minimum absolute atomic E-state index is 0.0458. The second-order valence-electron chi connectivity index (χ2n) is 6.48. The van der Waals surface area contributed by atoms with Crippen molar-refractivity contribution in [3.05, 3.63) is 26.4 Å². The standard InChI is InChI=1S/C16H25N5O3/c1-10(21-8-11(2)24-12(3)9-21)7-18-14-13(6-17)15(22)20(5)16(23)19(14)4/h10-12,18H,7-9H2,1-5H3/t10-,11-,12+/m0/s1. The lowest BCUT2D eigenvalue weighted by molar-refractivity contribution is -0.0769. The zero-order chi connectivity index (χ0) is 18.0. The first-order valence-electron chi connectivity index (χ1n) is 8.09. The van der Waals surface area contributed by atoms with Gasteiger partial charge < -0.3 is 10.1 Å². The Balaban J connectivity index is 2.19. The number of ether oxygens (including phenoxy) is 1. The van der Waals surface area contributed by atoms with E-state index in [9.17, 15) is 14.9 Å². The predicted octanol–water partition coefficient (Wildman–Crippen LogP) is -0.135. The summed E-state index contributed by atoms with van der Waals surface area (Å²) in [5.41, 5.74) is -1.08. The molecule has 3 atom stereocenters. The van der Waals surface area contributed by atoms with Crippen LogP contribution < -0.4 is 16.6 Å². The normalized spacial score (nSPS) is 22.8. The van der Waals surface area contributed by atoms with E-state index in [2.05, 4.69) is 17.1 Å². The summed E-state index contributed by atoms with van der Waals surface area (Å²) in [5.74, 6) is 0.270. The Hall–Kier alpha value is -2.11. The van der Waals surface area contributed by atoms with E-state index in [1.807, 2.05) is 19.9 Å². The quantitative estimate of drug-likeness (QED) is 0.824. The molecule has 1 N–H and O–H groups in total. The molecule has 0 unspecified atom stereocenters. The van der Waals surface area contributed by atoms with E-state index in [-0.39, 0.29) is 29.6 Å². The molecular formula is C16H25N5O3. The highest BCUT2D eigenvalue weighted by molar-refractivity contribution is 5.51. The van der Waals surface area contributed by atoms with Crippen molar-refractivity contribution in [1.82, 2.24) is 14.0 Å². The highest BCUT2D eigenvalue weighted by Gasteiger charge is 2.26. The number of nitrogens with one attached hydrogen (secondary N) is 1. The predicted molar refractivity (Wildman–Crippen MR) is 91.2 cm³/mol. The molecule has 1 fully saturated rings. The van der Waals surface area contributed by atoms with Crippen LogP contribution in [0.3, 0.4) is 0 Å². The Morgan fingerprint density at radius 3 is 2.38 bits per heavy atom. The summed E-state index contributed by atoms with van der Waals surface area (Å²) in [6, 6.07) is 2.07. The van der Waals surface area contributed by atoms with Crippen LogP contribution >= 0.6 is 0 Å². The molecule has 24 heavy (non-hydrogen) atoms. The molecule has 1 aromatic heterocycles. The van der Waals surface area contributed by atoms with Crippen molar-refractivity contribution in [2.45, 2.75) is 39.0 Å². The first-order chi connectivity index (χ1) is 11.3. The zero-order valence-corrected chi connectivity index (χ0v) is 14.9. The largest absolute Gasteiger partial charge is 0.373 e. The maximum atomic E-state index is 12.1. The summed E-state index contributed by atoms with van der Waals surface area (Å²) in [5, 5.41) is 12.4. The van der Waals surface area contributed by atoms with Crippen LogP contribution in [0.25, 0.3) is 0 Å². The van der Waals surface area contributed by atoms with Gasteiger partial charge in [0.15, 0.2) is 5.56 Å². The topological polar surface area (TPSA) is 92.3 Å². The fourth-order valence-electron chi connectivity index (χ4n) is 3.10. The summed E-state index contributed by atoms with van der Waals surface area (Å²) in [6.45, 7) is 8.33. The molecule has 8 heteroatoms. The van der Waals surface area contributed by atoms with Crippen LogP contribution in [-0.4, -0.2) is 51.9 Å². The summed E-state index contributed by atoms with van der Waals surface area (Å²) in [7, 11) is 2.92. The van der Waals surface area contributed by atoms with Crippen molar-refractivity contribution in [2.75, 3.05) is 25.0 Å². The average Bonchev–Trinajstić information content (AvgIpc) is 2.53. The molecule has 1 saturated heterocycles. The van der Waals surface area contributed by atoms with E-state index in [1.54, 1.807) is 7.05 Å². The number of hydrogen-bond acceptors (Lipinski definition) is 6. The molecule has 1 aromatic rings. The Kier molecular flexibility index (Phi) is 5.47. The van der Waals surface area contributed by atoms with E-state index >= 15 is 0 Å². The number of nitriles is 1. The van der Waals surface area contributed by atoms with Gasteiger partial charge in [-0.1, -0.05) is 0 Å². The smallest absolute Gasteiger partial charge is 0.332 e. The molecule has 1 aliphatic heterocycles. The van der Waals surface area contributed by atoms with Crippen molar-refractivity contribution in [1.29, 1.82) is 5.26 Å². The van der Waals surface area contributed by atoms with Gasteiger partial charge in [-0.3, -0.25) is 18.8 Å². The van der Waals surface area contributed by atoms with E-state index in [0.717, 1.165) is 17.7 Å². The lowest BCUT2D eigenvalue weighted by atomic mass is 10.1. The van der Waals surface area contributed by atoms with Crippen LogP contribution in [-0.2, 0) is 18.8 Å². The van der Waals surface area contributed by atoms with Gasteiger partial charge in [-0.05, 0) is 20.8 Å². The van der Waals surface area contributed by atoms with E-state index in [0.29, 0.717) is 6.54 Å². The average molecular weight is 335 g/mol. The lowest BCUT2D eigenvalue weighted by Gasteiger charge is -2.39. The van der Waals surface area contributed by atoms with Crippen LogP contribution in [0.4, 0.5) is 5.82 Å². The SMILES string of the molecule is C[C@@H]1CN([C@@H](C)CNc2c(C#N)c(=O)n(C)c(=O)n2C)C[C@H](C)O1. The van der Waals surface area contributed by atoms with Crippen molar-refractivity contribution in [2.24, 2.45) is 14.1 Å². The third-order valence-corrected chi connectivity index (χ3v) is 4.41. The molecule has 0 radical (unpaired) electrons. The highest BCUT2D eigenvalue weighted by atomic mass is 16.5. The minimum atomic E-state index is -0.579. The van der Waals surface area contributed by atoms with E-state index in [4.69, 9.17) is 4.74 Å². The number of nitrogens with zero attached hydrogens (tertiary/aromatic N) is 4. The first kappa shape index (κ1) is 18.2. The molecule has 0 amide bonds. The van der Waals surface area contributed by atoms with Crippen LogP contribution in [0.1, 0.15) is 26.3 Å². The van der Waals surface area contributed by atoms with Gasteiger partial charge in [0, 0.05) is 39.8 Å². The van der Waals surface area contributed by atoms with Crippen molar-refractivity contribution in [3.8, 4) is 6.07 Å². The maximum absolute atomic E-state index is 12.1. The first-order valence-corrected chi connectivity index (χ1v) is 8.09. The van der Waals surface area contributed by atoms with Crippen LogP contribution in [0.15, 0.2) is 9.59 Å². The van der Waals surface area contributed by atoms with Crippen molar-refractivity contribution < 1.29 is 4.74 Å². The van der Waals surface area contributed by atoms with Gasteiger partial charge in [0.2, 0.25) is 0 Å². The lowest BCUT2D eigenvalue weighted by Crippen LogP contribution is -2.51. The highest BCUT2D eigenvalue weighted by Crippen LogP contribution is 2.14. The van der Waals surface area contributed by atoms with Gasteiger partial charge in [-0.2, -0.15) is 5.26 Å². The van der Waals surface area contributed by atoms with Crippen molar-refractivity contribution >= 4 is 5.82 Å². The molecule has 1 aliphatic rings. The summed E-state index contributed by atoms with van der Waals surface area (Å²) in [6.07, 6.45) is 0.332. The molecular weight excluding hydrogens is 310 g/mol. The molecule has 0 bridgehead atoms. The molecule has 0 aromatic carbocycles. The maximum Gasteiger partial charge on any atom is 0.332 e. The van der Waals surface area contributed by atoms with Crippen molar-refractivity contribution in [3.63, 3.8) is 0 Å². The Morgan fingerprint density at radius 1 is 1.25 bits per heavy atom. The molecule has 132 valence electrons. The molecule has 8 nitrogen and oxygen atoms in total. The minimum Gasteiger partial charge on any atom is -0.373 e. The molecule has 0 saturated carbocycles. The van der Waals surface area contributed by atoms with Gasteiger partial charge in [-0.15, -0.1) is 0 Å². The fraction of sp³-hybridized carbons (Fsp3) is 0.688. The summed E-state index contributed by atoms with van der Waals surface area (Å²) < 4.78 is 7.98. The number of aromatic nitrogens is 2. The molecule has 2 rings (SSSR count). The zero-order valence-electron chi connectivity index (χ0n) is 14.9. The molecule has 2 heterocycles. The van der Waals surface area contributed by atoms with Gasteiger partial charge >= 0.3 is 5.69 Å². The van der Waals surface area contributed by atoms with Crippen LogP contribution in [0, 0.1) is 11.3 Å².